The summed E-state index contributed by atoms with van der Waals surface area (Å²) in [6, 6.07) is 16.2. The van der Waals surface area contributed by atoms with Gasteiger partial charge in [0.15, 0.2) is 5.78 Å². The molecule has 6 heteroatoms. The molecule has 0 spiro atoms. The first-order valence-electron chi connectivity index (χ1n) is 8.82. The molecular weight excluding hydrogens is 352 g/mol. The second-order valence-electron chi connectivity index (χ2n) is 6.56. The molecule has 28 heavy (non-hydrogen) atoms. The zero-order valence-electron chi connectivity index (χ0n) is 15.5. The Morgan fingerprint density at radius 1 is 1.04 bits per heavy atom. The van der Waals surface area contributed by atoms with E-state index in [4.69, 9.17) is 0 Å². The van der Waals surface area contributed by atoms with E-state index in [2.05, 4.69) is 15.4 Å². The highest BCUT2D eigenvalue weighted by molar-refractivity contribution is 6.13. The minimum absolute atomic E-state index is 0.0147. The van der Waals surface area contributed by atoms with E-state index in [1.807, 2.05) is 37.5 Å². The Bertz CT molecular complexity index is 1190. The van der Waals surface area contributed by atoms with Crippen LogP contribution in [0.4, 0.5) is 5.69 Å². The molecule has 2 heterocycles. The van der Waals surface area contributed by atoms with Crippen LogP contribution in [0.3, 0.4) is 0 Å². The van der Waals surface area contributed by atoms with Gasteiger partial charge in [-0.25, -0.2) is 4.98 Å². The second kappa shape index (κ2) is 7.08. The van der Waals surface area contributed by atoms with E-state index >= 15 is 0 Å². The van der Waals surface area contributed by atoms with Crippen molar-refractivity contribution in [2.24, 2.45) is 7.05 Å². The lowest BCUT2D eigenvalue weighted by Gasteiger charge is -2.10. The summed E-state index contributed by atoms with van der Waals surface area (Å²) in [6.45, 7) is 1.51. The summed E-state index contributed by atoms with van der Waals surface area (Å²) in [5.41, 5.74) is 4.02. The summed E-state index contributed by atoms with van der Waals surface area (Å²) in [7, 11) is 1.84. The van der Waals surface area contributed by atoms with Crippen molar-refractivity contribution in [3.8, 4) is 11.3 Å². The van der Waals surface area contributed by atoms with Gasteiger partial charge < -0.3 is 5.32 Å². The third-order valence-electron chi connectivity index (χ3n) is 4.51. The molecule has 6 nitrogen and oxygen atoms in total. The predicted molar refractivity (Wildman–Crippen MR) is 108 cm³/mol. The molecule has 0 aliphatic heterocycles. The number of pyridine rings is 1. The fourth-order valence-electron chi connectivity index (χ4n) is 3.05. The van der Waals surface area contributed by atoms with Gasteiger partial charge in [0.1, 0.15) is 0 Å². The molecule has 1 amide bonds. The van der Waals surface area contributed by atoms with Crippen LogP contribution in [0.15, 0.2) is 67.0 Å². The van der Waals surface area contributed by atoms with Crippen LogP contribution in [0, 0.1) is 0 Å². The highest BCUT2D eigenvalue weighted by Crippen LogP contribution is 2.25. The van der Waals surface area contributed by atoms with Gasteiger partial charge in [0.25, 0.3) is 5.91 Å². The number of carbonyl (C=O) groups excluding carboxylic acids is 2. The van der Waals surface area contributed by atoms with E-state index in [0.29, 0.717) is 22.5 Å². The molecule has 2 aromatic heterocycles. The molecule has 0 bridgehead atoms. The van der Waals surface area contributed by atoms with E-state index in [1.54, 1.807) is 41.2 Å². The number of amides is 1. The van der Waals surface area contributed by atoms with Crippen LogP contribution < -0.4 is 5.32 Å². The first-order chi connectivity index (χ1) is 13.5. The lowest BCUT2D eigenvalue weighted by molar-refractivity contribution is 0.101. The molecule has 0 saturated carbocycles. The average Bonchev–Trinajstić information content (AvgIpc) is 3.14. The first kappa shape index (κ1) is 17.6. The van der Waals surface area contributed by atoms with Crippen LogP contribution in [0.5, 0.6) is 0 Å². The number of para-hydroxylation sites is 1. The Morgan fingerprint density at radius 3 is 2.46 bits per heavy atom. The van der Waals surface area contributed by atoms with Gasteiger partial charge >= 0.3 is 0 Å². The third-order valence-corrected chi connectivity index (χ3v) is 4.51. The normalized spacial score (nSPS) is 10.8. The summed E-state index contributed by atoms with van der Waals surface area (Å²) in [4.78, 5) is 29.1. The van der Waals surface area contributed by atoms with Crippen LogP contribution in [-0.4, -0.2) is 26.5 Å². The van der Waals surface area contributed by atoms with Crippen LogP contribution in [0.2, 0.25) is 0 Å². The van der Waals surface area contributed by atoms with Crippen LogP contribution in [0.1, 0.15) is 27.6 Å². The molecule has 0 radical (unpaired) electrons. The Labute approximate surface area is 161 Å². The number of benzene rings is 2. The largest absolute Gasteiger partial charge is 0.322 e. The van der Waals surface area contributed by atoms with Gasteiger partial charge in [0.2, 0.25) is 0 Å². The number of rotatable bonds is 4. The summed E-state index contributed by atoms with van der Waals surface area (Å²) in [6.07, 6.45) is 3.58. The minimum Gasteiger partial charge on any atom is -0.322 e. The zero-order valence-corrected chi connectivity index (χ0v) is 15.5. The summed E-state index contributed by atoms with van der Waals surface area (Å²) >= 11 is 0. The number of carbonyl (C=O) groups is 2. The monoisotopic (exact) mass is 370 g/mol. The number of aryl methyl sites for hydroxylation is 1. The predicted octanol–water partition coefficient (Wildman–Crippen LogP) is 4.09. The maximum Gasteiger partial charge on any atom is 0.256 e. The molecular formula is C22H18N4O2. The Hall–Kier alpha value is -3.80. The van der Waals surface area contributed by atoms with Gasteiger partial charge in [-0.1, -0.05) is 18.2 Å². The topological polar surface area (TPSA) is 76.9 Å². The van der Waals surface area contributed by atoms with Crippen molar-refractivity contribution in [3.63, 3.8) is 0 Å². The summed E-state index contributed by atoms with van der Waals surface area (Å²) < 4.78 is 1.70. The van der Waals surface area contributed by atoms with Gasteiger partial charge in [0, 0.05) is 35.4 Å². The Morgan fingerprint density at radius 2 is 1.79 bits per heavy atom. The van der Waals surface area contributed by atoms with Gasteiger partial charge in [-0.05, 0) is 43.3 Å². The molecule has 2 aromatic carbocycles. The molecule has 138 valence electrons. The lowest BCUT2D eigenvalue weighted by Crippen LogP contribution is -2.13. The molecule has 0 aliphatic carbocycles. The van der Waals surface area contributed by atoms with Crippen LogP contribution >= 0.6 is 0 Å². The number of ketones is 1. The number of nitrogens with one attached hydrogen (secondary N) is 1. The SMILES string of the molecule is CC(=O)c1ccc(NC(=O)c2cc(-c3cnn(C)c3)nc3ccccc23)cc1. The smallest absolute Gasteiger partial charge is 0.256 e. The third kappa shape index (κ3) is 3.40. The van der Waals surface area contributed by atoms with Crippen molar-refractivity contribution in [3.05, 3.63) is 78.1 Å². The molecule has 0 unspecified atom stereocenters. The number of aromatic nitrogens is 3. The van der Waals surface area contributed by atoms with Crippen molar-refractivity contribution >= 4 is 28.3 Å². The summed E-state index contributed by atoms with van der Waals surface area (Å²) in [5.74, 6) is -0.251. The van der Waals surface area contributed by atoms with Crippen molar-refractivity contribution in [2.75, 3.05) is 5.32 Å². The molecule has 0 fully saturated rings. The van der Waals surface area contributed by atoms with E-state index in [9.17, 15) is 9.59 Å². The quantitative estimate of drug-likeness (QED) is 0.549. The minimum atomic E-state index is -0.237. The van der Waals surface area contributed by atoms with E-state index < -0.39 is 0 Å². The standard InChI is InChI=1S/C22H18N4O2/c1-14(27)15-7-9-17(10-8-15)24-22(28)19-11-21(16-12-23-26(2)13-16)25-20-6-4-3-5-18(19)20/h3-13H,1-2H3,(H,24,28). The fraction of sp³-hybridized carbons (Fsp3) is 0.0909. The number of nitrogens with zero attached hydrogens (tertiary/aromatic N) is 3. The molecule has 4 rings (SSSR count). The molecule has 0 aliphatic rings. The fourth-order valence-corrected chi connectivity index (χ4v) is 3.05. The Kier molecular flexibility index (Phi) is 4.45. The van der Waals surface area contributed by atoms with E-state index in [-0.39, 0.29) is 11.7 Å². The maximum atomic E-state index is 13.0. The number of Topliss-reactive ketones (excluding diaryl/α,β-unsaturated/α-hetero) is 1. The number of anilines is 1. The van der Waals surface area contributed by atoms with Gasteiger partial charge in [-0.3, -0.25) is 14.3 Å². The number of fused-ring (bicyclic) bond motifs is 1. The highest BCUT2D eigenvalue weighted by Gasteiger charge is 2.15. The van der Waals surface area contributed by atoms with Crippen molar-refractivity contribution in [2.45, 2.75) is 6.92 Å². The molecule has 0 saturated heterocycles. The number of hydrogen-bond acceptors (Lipinski definition) is 4. The van der Waals surface area contributed by atoms with Gasteiger partial charge in [0.05, 0.1) is 23.0 Å². The average molecular weight is 370 g/mol. The Balaban J connectivity index is 1.73. The maximum absolute atomic E-state index is 13.0. The lowest BCUT2D eigenvalue weighted by atomic mass is 10.0. The summed E-state index contributed by atoms with van der Waals surface area (Å²) in [5, 5.41) is 7.86. The molecule has 1 N–H and O–H groups in total. The van der Waals surface area contributed by atoms with E-state index in [1.165, 1.54) is 6.92 Å². The van der Waals surface area contributed by atoms with Crippen LogP contribution in [0.25, 0.3) is 22.2 Å². The van der Waals surface area contributed by atoms with Crippen LogP contribution in [-0.2, 0) is 7.05 Å². The zero-order chi connectivity index (χ0) is 19.7. The van der Waals surface area contributed by atoms with Crippen molar-refractivity contribution in [1.82, 2.24) is 14.8 Å². The van der Waals surface area contributed by atoms with Gasteiger partial charge in [-0.2, -0.15) is 5.10 Å². The van der Waals surface area contributed by atoms with Crippen molar-refractivity contribution in [1.29, 1.82) is 0 Å². The second-order valence-corrected chi connectivity index (χ2v) is 6.56. The van der Waals surface area contributed by atoms with E-state index in [0.717, 1.165) is 16.5 Å². The van der Waals surface area contributed by atoms with Gasteiger partial charge in [-0.15, -0.1) is 0 Å². The first-order valence-corrected chi connectivity index (χ1v) is 8.82. The number of hydrogen-bond donors (Lipinski definition) is 1. The van der Waals surface area contributed by atoms with Crippen molar-refractivity contribution < 1.29 is 9.59 Å². The highest BCUT2D eigenvalue weighted by atomic mass is 16.1. The molecule has 0 atom stereocenters. The molecule has 4 aromatic rings.